The van der Waals surface area contributed by atoms with Crippen molar-refractivity contribution in [2.75, 3.05) is 0 Å². The molecule has 0 saturated carbocycles. The number of nitrogens with zero attached hydrogens (tertiary/aromatic N) is 4. The molecule has 5 nitrogen and oxygen atoms in total. The summed E-state index contributed by atoms with van der Waals surface area (Å²) in [6.45, 7) is 1.34. The molecule has 0 radical (unpaired) electrons. The maximum Gasteiger partial charge on any atom is 0.130 e. The predicted octanol–water partition coefficient (Wildman–Crippen LogP) is 5.60. The number of aromatic nitrogens is 4. The minimum Gasteiger partial charge on any atom is -0.487 e. The average Bonchev–Trinajstić information content (AvgIpc) is 3.30. The fourth-order valence-corrected chi connectivity index (χ4v) is 3.33. The fraction of sp³-hybridized carbons (Fsp3) is 0.208. The van der Waals surface area contributed by atoms with Gasteiger partial charge in [0.25, 0.3) is 0 Å². The minimum atomic E-state index is 0.429. The Labute approximate surface area is 181 Å². The molecule has 2 heterocycles. The smallest absolute Gasteiger partial charge is 0.130 e. The summed E-state index contributed by atoms with van der Waals surface area (Å²) in [4.78, 5) is 4.70. The topological polar surface area (TPSA) is 52.8 Å². The zero-order valence-corrected chi connectivity index (χ0v) is 17.4. The molecule has 0 atom stereocenters. The Bertz CT molecular complexity index is 1050. The lowest BCUT2D eigenvalue weighted by atomic mass is 10.1. The van der Waals surface area contributed by atoms with Crippen molar-refractivity contribution in [3.05, 3.63) is 95.4 Å². The number of aryl methyl sites for hydroxylation is 2. The molecule has 0 N–H and O–H groups in total. The van der Waals surface area contributed by atoms with Crippen LogP contribution in [0.4, 0.5) is 0 Å². The normalized spacial score (nSPS) is 10.8. The van der Waals surface area contributed by atoms with E-state index in [2.05, 4.69) is 22.4 Å². The first-order valence-electron chi connectivity index (χ1n) is 10.0. The lowest BCUT2D eigenvalue weighted by molar-refractivity contribution is 0.301. The van der Waals surface area contributed by atoms with Gasteiger partial charge in [0.2, 0.25) is 0 Å². The Morgan fingerprint density at radius 1 is 0.900 bits per heavy atom. The molecule has 4 aromatic rings. The van der Waals surface area contributed by atoms with Gasteiger partial charge in [0.15, 0.2) is 0 Å². The van der Waals surface area contributed by atoms with E-state index in [0.29, 0.717) is 6.61 Å². The molecule has 0 saturated heterocycles. The van der Waals surface area contributed by atoms with E-state index in [1.54, 1.807) is 6.20 Å². The number of ether oxygens (including phenoxy) is 1. The highest BCUT2D eigenvalue weighted by Gasteiger charge is 2.03. The summed E-state index contributed by atoms with van der Waals surface area (Å²) in [6, 6.07) is 22.0. The van der Waals surface area contributed by atoms with Crippen molar-refractivity contribution in [2.24, 2.45) is 0 Å². The van der Waals surface area contributed by atoms with Crippen LogP contribution in [0.25, 0.3) is 11.3 Å². The second-order valence-corrected chi connectivity index (χ2v) is 7.51. The quantitative estimate of drug-likeness (QED) is 0.332. The van der Waals surface area contributed by atoms with E-state index in [9.17, 15) is 0 Å². The van der Waals surface area contributed by atoms with Crippen LogP contribution in [0.5, 0.6) is 5.75 Å². The summed E-state index contributed by atoms with van der Waals surface area (Å²) in [5.41, 5.74) is 4.15. The van der Waals surface area contributed by atoms with E-state index in [-0.39, 0.29) is 0 Å². The van der Waals surface area contributed by atoms with E-state index in [1.807, 2.05) is 65.5 Å². The van der Waals surface area contributed by atoms with Crippen molar-refractivity contribution in [1.82, 2.24) is 20.0 Å². The van der Waals surface area contributed by atoms with Crippen molar-refractivity contribution >= 4 is 11.6 Å². The molecule has 0 aliphatic heterocycles. The Kier molecular flexibility index (Phi) is 6.72. The summed E-state index contributed by atoms with van der Waals surface area (Å²) in [5.74, 6) is 0.847. The Hall–Kier alpha value is -3.18. The monoisotopic (exact) mass is 418 g/mol. The van der Waals surface area contributed by atoms with Gasteiger partial charge >= 0.3 is 0 Å². The van der Waals surface area contributed by atoms with Crippen molar-refractivity contribution in [3.63, 3.8) is 0 Å². The van der Waals surface area contributed by atoms with Gasteiger partial charge in [0.05, 0.1) is 17.6 Å². The molecule has 4 rings (SSSR count). The molecular weight excluding hydrogens is 396 g/mol. The van der Waals surface area contributed by atoms with Crippen LogP contribution < -0.4 is 4.74 Å². The standard InChI is InChI=1S/C24H23ClN4O/c25-21-11-9-20(10-12-21)24-6-3-5-22(27-24)18-30-23-13-7-19(8-14-23)4-1-2-16-29-17-15-26-28-29/h3,5-15,17H,1-2,4,16,18H2. The van der Waals surface area contributed by atoms with Gasteiger partial charge in [0.1, 0.15) is 12.4 Å². The molecule has 0 aliphatic rings. The van der Waals surface area contributed by atoms with Gasteiger partial charge in [-0.1, -0.05) is 47.1 Å². The fourth-order valence-electron chi connectivity index (χ4n) is 3.21. The number of hydrogen-bond acceptors (Lipinski definition) is 4. The van der Waals surface area contributed by atoms with Gasteiger partial charge in [-0.05, 0) is 61.2 Å². The number of pyridine rings is 1. The van der Waals surface area contributed by atoms with E-state index in [4.69, 9.17) is 21.3 Å². The first-order valence-corrected chi connectivity index (χ1v) is 10.4. The molecule has 0 fully saturated rings. The lowest BCUT2D eigenvalue weighted by Crippen LogP contribution is -2.00. The third kappa shape index (κ3) is 5.67. The molecule has 2 aromatic heterocycles. The van der Waals surface area contributed by atoms with Crippen LogP contribution in [0.15, 0.2) is 79.1 Å². The zero-order chi connectivity index (χ0) is 20.6. The first-order chi connectivity index (χ1) is 14.8. The Morgan fingerprint density at radius 2 is 1.73 bits per heavy atom. The Morgan fingerprint density at radius 3 is 2.50 bits per heavy atom. The highest BCUT2D eigenvalue weighted by Crippen LogP contribution is 2.21. The molecule has 152 valence electrons. The number of rotatable bonds is 9. The molecule has 30 heavy (non-hydrogen) atoms. The maximum atomic E-state index is 5.97. The first kappa shape index (κ1) is 20.1. The third-order valence-electron chi connectivity index (χ3n) is 4.83. The minimum absolute atomic E-state index is 0.429. The molecule has 0 aliphatic carbocycles. The average molecular weight is 419 g/mol. The van der Waals surface area contributed by atoms with Crippen LogP contribution in [0.3, 0.4) is 0 Å². The van der Waals surface area contributed by atoms with Crippen LogP contribution in [-0.2, 0) is 19.6 Å². The molecule has 0 amide bonds. The predicted molar refractivity (Wildman–Crippen MR) is 118 cm³/mol. The largest absolute Gasteiger partial charge is 0.487 e. The van der Waals surface area contributed by atoms with Crippen molar-refractivity contribution in [1.29, 1.82) is 0 Å². The second kappa shape index (κ2) is 10.0. The molecular formula is C24H23ClN4O. The summed E-state index contributed by atoms with van der Waals surface area (Å²) >= 11 is 5.97. The molecule has 0 spiro atoms. The molecule has 0 bridgehead atoms. The SMILES string of the molecule is Clc1ccc(-c2cccc(COc3ccc(CCCCn4ccnn4)cc3)n2)cc1. The number of unbranched alkanes of at least 4 members (excludes halogenated alkanes) is 1. The van der Waals surface area contributed by atoms with Crippen LogP contribution >= 0.6 is 11.6 Å². The van der Waals surface area contributed by atoms with E-state index in [0.717, 1.165) is 53.5 Å². The summed E-state index contributed by atoms with van der Waals surface area (Å²) < 4.78 is 7.80. The highest BCUT2D eigenvalue weighted by molar-refractivity contribution is 6.30. The highest BCUT2D eigenvalue weighted by atomic mass is 35.5. The van der Waals surface area contributed by atoms with Gasteiger partial charge in [-0.3, -0.25) is 4.68 Å². The summed E-state index contributed by atoms with van der Waals surface area (Å²) in [6.07, 6.45) is 6.84. The van der Waals surface area contributed by atoms with Crippen molar-refractivity contribution in [2.45, 2.75) is 32.4 Å². The van der Waals surface area contributed by atoms with E-state index < -0.39 is 0 Å². The van der Waals surface area contributed by atoms with Gasteiger partial charge in [-0.25, -0.2) is 4.98 Å². The summed E-state index contributed by atoms with van der Waals surface area (Å²) in [5, 5.41) is 8.52. The number of hydrogen-bond donors (Lipinski definition) is 0. The molecule has 2 aromatic carbocycles. The van der Waals surface area contributed by atoms with Crippen molar-refractivity contribution in [3.8, 4) is 17.0 Å². The van der Waals surface area contributed by atoms with E-state index in [1.165, 1.54) is 5.56 Å². The Balaban J connectivity index is 1.26. The molecule has 6 heteroatoms. The number of halogens is 1. The van der Waals surface area contributed by atoms with Gasteiger partial charge in [-0.2, -0.15) is 0 Å². The zero-order valence-electron chi connectivity index (χ0n) is 16.6. The maximum absolute atomic E-state index is 5.97. The third-order valence-corrected chi connectivity index (χ3v) is 5.08. The van der Waals surface area contributed by atoms with Gasteiger partial charge < -0.3 is 4.74 Å². The van der Waals surface area contributed by atoms with E-state index >= 15 is 0 Å². The lowest BCUT2D eigenvalue weighted by Gasteiger charge is -2.09. The second-order valence-electron chi connectivity index (χ2n) is 7.08. The van der Waals surface area contributed by atoms with Crippen LogP contribution in [0.2, 0.25) is 5.02 Å². The number of benzene rings is 2. The van der Waals surface area contributed by atoms with Gasteiger partial charge in [-0.15, -0.1) is 5.10 Å². The van der Waals surface area contributed by atoms with Gasteiger partial charge in [0, 0.05) is 23.3 Å². The van der Waals surface area contributed by atoms with Crippen LogP contribution in [-0.4, -0.2) is 20.0 Å². The molecule has 0 unspecified atom stereocenters. The van der Waals surface area contributed by atoms with Crippen molar-refractivity contribution < 1.29 is 4.74 Å². The summed E-state index contributed by atoms with van der Waals surface area (Å²) in [7, 11) is 0. The van der Waals surface area contributed by atoms with Crippen LogP contribution in [0.1, 0.15) is 24.1 Å². The van der Waals surface area contributed by atoms with Crippen LogP contribution in [0, 0.1) is 0 Å².